The number of rotatable bonds is 4. The summed E-state index contributed by atoms with van der Waals surface area (Å²) in [7, 11) is 0. The van der Waals surface area contributed by atoms with Crippen LogP contribution in [0.25, 0.3) is 34.3 Å². The summed E-state index contributed by atoms with van der Waals surface area (Å²) in [6.45, 7) is 2.83. The summed E-state index contributed by atoms with van der Waals surface area (Å²) in [5.74, 6) is -0.138. The molecule has 0 saturated heterocycles. The number of pyridine rings is 1. The minimum Gasteiger partial charge on any atom is -0.424 e. The summed E-state index contributed by atoms with van der Waals surface area (Å²) in [4.78, 5) is 27.8. The third kappa shape index (κ3) is 4.03. The number of hydrogen-bond acceptors (Lipinski definition) is 5. The lowest BCUT2D eigenvalue weighted by Gasteiger charge is -2.06. The van der Waals surface area contributed by atoms with Crippen LogP contribution in [0.15, 0.2) is 66.9 Å². The zero-order chi connectivity index (χ0) is 21.1. The third-order valence-corrected chi connectivity index (χ3v) is 4.50. The normalized spacial score (nSPS) is 11.1. The lowest BCUT2D eigenvalue weighted by atomic mass is 10.1. The Morgan fingerprint density at radius 3 is 2.47 bits per heavy atom. The number of nitrogens with zero attached hydrogens (tertiary/aromatic N) is 3. The van der Waals surface area contributed by atoms with Gasteiger partial charge in [-0.25, -0.2) is 9.67 Å². The summed E-state index contributed by atoms with van der Waals surface area (Å²) in [6.07, 6.45) is 5.42. The number of benzene rings is 2. The van der Waals surface area contributed by atoms with Crippen LogP contribution >= 0.6 is 0 Å². The molecule has 30 heavy (non-hydrogen) atoms. The Morgan fingerprint density at radius 2 is 1.73 bits per heavy atom. The van der Waals surface area contributed by atoms with E-state index in [1.54, 1.807) is 12.3 Å². The van der Waals surface area contributed by atoms with Crippen molar-refractivity contribution in [3.05, 3.63) is 78.1 Å². The lowest BCUT2D eigenvalue weighted by molar-refractivity contribution is -0.131. The first-order valence-corrected chi connectivity index (χ1v) is 9.43. The Hall–Kier alpha value is -4.06. The van der Waals surface area contributed by atoms with Gasteiger partial charge in [0.05, 0.1) is 5.69 Å². The fourth-order valence-corrected chi connectivity index (χ4v) is 3.13. The average molecular weight is 397 g/mol. The summed E-state index contributed by atoms with van der Waals surface area (Å²) >= 11 is 0. The Morgan fingerprint density at radius 1 is 0.933 bits per heavy atom. The highest BCUT2D eigenvalue weighted by molar-refractivity contribution is 5.88. The molecule has 0 aliphatic rings. The molecule has 2 aromatic carbocycles. The van der Waals surface area contributed by atoms with Crippen molar-refractivity contribution in [2.45, 2.75) is 13.8 Å². The number of carbonyl (C=O) groups is 2. The van der Waals surface area contributed by atoms with Crippen molar-refractivity contribution in [2.24, 2.45) is 0 Å². The van der Waals surface area contributed by atoms with E-state index < -0.39 is 5.97 Å². The largest absolute Gasteiger partial charge is 0.424 e. The molecular formula is C24H19N3O3. The van der Waals surface area contributed by atoms with Gasteiger partial charge in [-0.2, -0.15) is 5.10 Å². The Bertz CT molecular complexity index is 1270. The van der Waals surface area contributed by atoms with E-state index in [2.05, 4.69) is 10.1 Å². The molecule has 2 heterocycles. The lowest BCUT2D eigenvalue weighted by Crippen LogP contribution is -2.05. The fourth-order valence-electron chi connectivity index (χ4n) is 3.13. The number of esters is 1. The molecule has 0 fully saturated rings. The minimum absolute atomic E-state index is 0.165. The molecule has 4 aromatic rings. The van der Waals surface area contributed by atoms with Crippen LogP contribution in [-0.4, -0.2) is 26.6 Å². The Labute approximate surface area is 173 Å². The number of fused-ring (bicyclic) bond motifs is 1. The number of carbonyl (C=O) groups excluding carboxylic acids is 2. The van der Waals surface area contributed by atoms with Gasteiger partial charge in [-0.15, -0.1) is 0 Å². The molecule has 0 radical (unpaired) electrons. The molecule has 0 N–H and O–H groups in total. The molecule has 6 heteroatoms. The second-order valence-electron chi connectivity index (χ2n) is 6.75. The quantitative estimate of drug-likeness (QED) is 0.363. The monoisotopic (exact) mass is 397 g/mol. The number of para-hydroxylation sites is 1. The van der Waals surface area contributed by atoms with E-state index in [1.807, 2.05) is 66.7 Å². The summed E-state index contributed by atoms with van der Waals surface area (Å²) in [6, 6.07) is 18.9. The summed E-state index contributed by atoms with van der Waals surface area (Å²) in [5.41, 5.74) is 3.73. The maximum atomic E-state index is 11.8. The van der Waals surface area contributed by atoms with Crippen molar-refractivity contribution in [3.8, 4) is 17.0 Å². The average Bonchev–Trinajstić information content (AvgIpc) is 3.17. The zero-order valence-electron chi connectivity index (χ0n) is 16.6. The first-order valence-electron chi connectivity index (χ1n) is 9.43. The van der Waals surface area contributed by atoms with Crippen molar-refractivity contribution in [1.82, 2.24) is 14.8 Å². The van der Waals surface area contributed by atoms with Crippen LogP contribution in [0.1, 0.15) is 29.9 Å². The standard InChI is InChI=1S/C24H19N3O3/c1-16(28)27-15-20(23(26-27)18-7-4-3-5-8-18)12-14-21-13-11-19-9-6-10-22(24(19)25-21)30-17(2)29/h3-15H,1-2H3/b14-12-. The molecule has 0 bridgehead atoms. The van der Waals surface area contributed by atoms with Crippen molar-refractivity contribution < 1.29 is 14.3 Å². The van der Waals surface area contributed by atoms with Gasteiger partial charge in [0.15, 0.2) is 5.75 Å². The van der Waals surface area contributed by atoms with Gasteiger partial charge in [0.1, 0.15) is 11.2 Å². The number of hydrogen-bond donors (Lipinski definition) is 0. The molecule has 4 rings (SSSR count). The Kier molecular flexibility index (Phi) is 5.22. The van der Waals surface area contributed by atoms with Gasteiger partial charge in [0.25, 0.3) is 0 Å². The van der Waals surface area contributed by atoms with Crippen molar-refractivity contribution >= 4 is 34.9 Å². The molecule has 0 atom stereocenters. The smallest absolute Gasteiger partial charge is 0.308 e. The molecule has 2 aromatic heterocycles. The van der Waals surface area contributed by atoms with Crippen molar-refractivity contribution in [3.63, 3.8) is 0 Å². The van der Waals surface area contributed by atoms with Gasteiger partial charge in [-0.3, -0.25) is 9.59 Å². The second-order valence-corrected chi connectivity index (χ2v) is 6.75. The van der Waals surface area contributed by atoms with Crippen LogP contribution in [0.2, 0.25) is 0 Å². The van der Waals surface area contributed by atoms with Gasteiger partial charge >= 0.3 is 5.97 Å². The van der Waals surface area contributed by atoms with Crippen LogP contribution in [0.4, 0.5) is 0 Å². The minimum atomic E-state index is -0.394. The first kappa shape index (κ1) is 19.3. The van der Waals surface area contributed by atoms with Crippen LogP contribution < -0.4 is 4.74 Å². The van der Waals surface area contributed by atoms with Gasteiger partial charge < -0.3 is 4.74 Å². The van der Waals surface area contributed by atoms with E-state index in [4.69, 9.17) is 4.74 Å². The molecule has 0 amide bonds. The SMILES string of the molecule is CC(=O)Oc1cccc2ccc(/C=C\c3cn(C(C)=O)nc3-c3ccccc3)nc12. The van der Waals surface area contributed by atoms with E-state index in [1.165, 1.54) is 18.5 Å². The van der Waals surface area contributed by atoms with Crippen molar-refractivity contribution in [1.29, 1.82) is 0 Å². The molecule has 148 valence electrons. The van der Waals surface area contributed by atoms with Gasteiger partial charge in [0, 0.05) is 36.6 Å². The third-order valence-electron chi connectivity index (χ3n) is 4.50. The molecule has 0 aliphatic carbocycles. The highest BCUT2D eigenvalue weighted by Crippen LogP contribution is 2.26. The molecule has 0 unspecified atom stereocenters. The predicted octanol–water partition coefficient (Wildman–Crippen LogP) is 4.85. The van der Waals surface area contributed by atoms with E-state index in [0.29, 0.717) is 22.7 Å². The van der Waals surface area contributed by atoms with Gasteiger partial charge in [-0.1, -0.05) is 48.5 Å². The second kappa shape index (κ2) is 8.13. The Balaban J connectivity index is 1.74. The van der Waals surface area contributed by atoms with E-state index >= 15 is 0 Å². The maximum Gasteiger partial charge on any atom is 0.308 e. The summed E-state index contributed by atoms with van der Waals surface area (Å²) < 4.78 is 6.60. The van der Waals surface area contributed by atoms with Gasteiger partial charge in [-0.05, 0) is 24.3 Å². The highest BCUT2D eigenvalue weighted by Gasteiger charge is 2.11. The van der Waals surface area contributed by atoms with Gasteiger partial charge in [0.2, 0.25) is 5.91 Å². The highest BCUT2D eigenvalue weighted by atomic mass is 16.5. The molecule has 0 aliphatic heterocycles. The number of aromatic nitrogens is 3. The first-order chi connectivity index (χ1) is 14.5. The van der Waals surface area contributed by atoms with Crippen molar-refractivity contribution in [2.75, 3.05) is 0 Å². The predicted molar refractivity (Wildman–Crippen MR) is 116 cm³/mol. The zero-order valence-corrected chi connectivity index (χ0v) is 16.6. The van der Waals surface area contributed by atoms with Crippen LogP contribution in [-0.2, 0) is 4.79 Å². The van der Waals surface area contributed by atoms with Crippen LogP contribution in [0.3, 0.4) is 0 Å². The number of ether oxygens (including phenoxy) is 1. The fraction of sp³-hybridized carbons (Fsp3) is 0.0833. The van der Waals surface area contributed by atoms with Crippen LogP contribution in [0.5, 0.6) is 5.75 Å². The van der Waals surface area contributed by atoms with Crippen LogP contribution in [0, 0.1) is 0 Å². The topological polar surface area (TPSA) is 74.1 Å². The molecule has 0 spiro atoms. The molecule has 0 saturated carbocycles. The van der Waals surface area contributed by atoms with E-state index in [9.17, 15) is 9.59 Å². The summed E-state index contributed by atoms with van der Waals surface area (Å²) in [5, 5.41) is 5.30. The molecule has 6 nitrogen and oxygen atoms in total. The van der Waals surface area contributed by atoms with E-state index in [0.717, 1.165) is 16.5 Å². The maximum absolute atomic E-state index is 11.8. The molecular weight excluding hydrogens is 378 g/mol. The van der Waals surface area contributed by atoms with E-state index in [-0.39, 0.29) is 5.91 Å².